The molecule has 0 N–H and O–H groups in total. The molecule has 0 aliphatic carbocycles. The van der Waals surface area contributed by atoms with Gasteiger partial charge in [-0.25, -0.2) is 9.78 Å². The van der Waals surface area contributed by atoms with Crippen LogP contribution in [0.3, 0.4) is 0 Å². The van der Waals surface area contributed by atoms with E-state index in [2.05, 4.69) is 9.72 Å². The number of hydrogen-bond donors (Lipinski definition) is 0. The Morgan fingerprint density at radius 2 is 1.73 bits per heavy atom. The zero-order chi connectivity index (χ0) is 15.9. The maximum absolute atomic E-state index is 12.8. The van der Waals surface area contributed by atoms with Crippen molar-refractivity contribution in [3.63, 3.8) is 0 Å². The lowest BCUT2D eigenvalue weighted by Crippen LogP contribution is -2.07. The Bertz CT molecular complexity index is 888. The number of methoxy groups -OCH3 is 1. The summed E-state index contributed by atoms with van der Waals surface area (Å²) in [7, 11) is 1.20. The second-order valence-corrected chi connectivity index (χ2v) is 4.73. The van der Waals surface area contributed by atoms with Gasteiger partial charge in [0.25, 0.3) is 0 Å². The van der Waals surface area contributed by atoms with E-state index in [0.29, 0.717) is 16.2 Å². The normalized spacial score (nSPS) is 11.8. The molecule has 0 unspecified atom stereocenters. The van der Waals surface area contributed by atoms with E-state index >= 15 is 0 Å². The zero-order valence-corrected chi connectivity index (χ0v) is 11.4. The van der Waals surface area contributed by atoms with Crippen molar-refractivity contribution in [1.82, 2.24) is 4.98 Å². The van der Waals surface area contributed by atoms with Gasteiger partial charge in [0, 0.05) is 10.8 Å². The van der Waals surface area contributed by atoms with E-state index in [4.69, 9.17) is 0 Å². The number of esters is 1. The monoisotopic (exact) mass is 305 g/mol. The minimum absolute atomic E-state index is 0.00456. The van der Waals surface area contributed by atoms with Crippen LogP contribution >= 0.6 is 0 Å². The molecule has 0 aliphatic heterocycles. The number of aromatic nitrogens is 1. The van der Waals surface area contributed by atoms with Crippen LogP contribution < -0.4 is 0 Å². The summed E-state index contributed by atoms with van der Waals surface area (Å²) in [5.74, 6) is -0.685. The van der Waals surface area contributed by atoms with Crippen LogP contribution in [-0.2, 0) is 10.9 Å². The van der Waals surface area contributed by atoms with Crippen LogP contribution in [0.5, 0.6) is 0 Å². The van der Waals surface area contributed by atoms with E-state index in [1.807, 2.05) is 0 Å². The van der Waals surface area contributed by atoms with Crippen LogP contribution in [0.1, 0.15) is 16.1 Å². The minimum atomic E-state index is -4.47. The molecule has 0 saturated carbocycles. The van der Waals surface area contributed by atoms with Gasteiger partial charge < -0.3 is 4.74 Å². The predicted octanol–water partition coefficient (Wildman–Crippen LogP) is 4.19. The number of hydrogen-bond acceptors (Lipinski definition) is 3. The molecule has 0 atom stereocenters. The molecule has 0 bridgehead atoms. The molecule has 3 aromatic rings. The maximum Gasteiger partial charge on any atom is 0.416 e. The Labute approximate surface area is 123 Å². The topological polar surface area (TPSA) is 39.2 Å². The largest absolute Gasteiger partial charge is 0.464 e. The second kappa shape index (κ2) is 4.98. The number of nitrogens with zero attached hydrogens (tertiary/aromatic N) is 1. The van der Waals surface area contributed by atoms with Crippen LogP contribution in [0, 0.1) is 0 Å². The molecule has 0 aliphatic rings. The number of pyridine rings is 1. The van der Waals surface area contributed by atoms with Gasteiger partial charge in [-0.05, 0) is 17.5 Å². The molecule has 0 spiro atoms. The van der Waals surface area contributed by atoms with Crippen molar-refractivity contribution in [2.75, 3.05) is 7.11 Å². The molecule has 1 heterocycles. The average Bonchev–Trinajstić information content (AvgIpc) is 2.52. The molecule has 1 aromatic heterocycles. The Morgan fingerprint density at radius 3 is 2.36 bits per heavy atom. The molecule has 0 amide bonds. The fourth-order valence-corrected chi connectivity index (χ4v) is 2.39. The molecule has 0 fully saturated rings. The van der Waals surface area contributed by atoms with Gasteiger partial charge in [-0.2, -0.15) is 13.2 Å². The van der Waals surface area contributed by atoms with E-state index in [1.54, 1.807) is 24.3 Å². The molecular weight excluding hydrogens is 295 g/mol. The lowest BCUT2D eigenvalue weighted by atomic mass is 10.0. The number of carbonyl (C=O) groups is 1. The number of rotatable bonds is 1. The molecule has 0 radical (unpaired) electrons. The molecule has 0 saturated heterocycles. The first-order valence-corrected chi connectivity index (χ1v) is 6.40. The standard InChI is InChI=1S/C16H10F3NO2/c1-22-15(21)14-12-5-3-2-4-10(12)11-7-6-9(16(17,18)19)8-13(11)20-14/h2-8H,1H3. The first-order valence-electron chi connectivity index (χ1n) is 6.40. The number of fused-ring (bicyclic) bond motifs is 3. The molecule has 22 heavy (non-hydrogen) atoms. The third-order valence-corrected chi connectivity index (χ3v) is 3.41. The fraction of sp³-hybridized carbons (Fsp3) is 0.125. The van der Waals surface area contributed by atoms with Gasteiger partial charge in [0.2, 0.25) is 0 Å². The van der Waals surface area contributed by atoms with E-state index in [-0.39, 0.29) is 11.2 Å². The molecular formula is C16H10F3NO2. The van der Waals surface area contributed by atoms with Crippen LogP contribution in [0.25, 0.3) is 21.7 Å². The highest BCUT2D eigenvalue weighted by atomic mass is 19.4. The van der Waals surface area contributed by atoms with Crippen molar-refractivity contribution in [2.45, 2.75) is 6.18 Å². The smallest absolute Gasteiger partial charge is 0.416 e. The Morgan fingerprint density at radius 1 is 1.05 bits per heavy atom. The highest BCUT2D eigenvalue weighted by Crippen LogP contribution is 2.33. The van der Waals surface area contributed by atoms with Crippen LogP contribution in [0.4, 0.5) is 13.2 Å². The van der Waals surface area contributed by atoms with E-state index in [0.717, 1.165) is 12.1 Å². The third kappa shape index (κ3) is 2.26. The Kier molecular flexibility index (Phi) is 3.24. The van der Waals surface area contributed by atoms with E-state index in [9.17, 15) is 18.0 Å². The van der Waals surface area contributed by atoms with Crippen LogP contribution in [0.15, 0.2) is 42.5 Å². The molecule has 2 aromatic carbocycles. The Balaban J connectivity index is 2.40. The summed E-state index contributed by atoms with van der Waals surface area (Å²) in [4.78, 5) is 15.9. The van der Waals surface area contributed by atoms with Gasteiger partial charge in [-0.3, -0.25) is 0 Å². The third-order valence-electron chi connectivity index (χ3n) is 3.41. The van der Waals surface area contributed by atoms with E-state index in [1.165, 1.54) is 13.2 Å². The predicted molar refractivity (Wildman–Crippen MR) is 75.6 cm³/mol. The number of halogens is 3. The number of carbonyl (C=O) groups excluding carboxylic acids is 1. The summed E-state index contributed by atoms with van der Waals surface area (Å²) in [5.41, 5.74) is -0.697. The first-order chi connectivity index (χ1) is 10.4. The minimum Gasteiger partial charge on any atom is -0.464 e. The second-order valence-electron chi connectivity index (χ2n) is 4.73. The van der Waals surface area contributed by atoms with Crippen molar-refractivity contribution >= 4 is 27.6 Å². The summed E-state index contributed by atoms with van der Waals surface area (Å²) in [6.07, 6.45) is -4.47. The summed E-state index contributed by atoms with van der Waals surface area (Å²) in [6, 6.07) is 10.2. The van der Waals surface area contributed by atoms with Crippen molar-refractivity contribution in [1.29, 1.82) is 0 Å². The van der Waals surface area contributed by atoms with Crippen molar-refractivity contribution in [2.24, 2.45) is 0 Å². The van der Waals surface area contributed by atoms with Gasteiger partial charge in [0.1, 0.15) is 0 Å². The lowest BCUT2D eigenvalue weighted by molar-refractivity contribution is -0.137. The number of benzene rings is 2. The number of alkyl halides is 3. The maximum atomic E-state index is 12.8. The van der Waals surface area contributed by atoms with E-state index < -0.39 is 17.7 Å². The average molecular weight is 305 g/mol. The fourth-order valence-electron chi connectivity index (χ4n) is 2.39. The number of ether oxygens (including phenoxy) is 1. The van der Waals surface area contributed by atoms with Crippen molar-refractivity contribution < 1.29 is 22.7 Å². The van der Waals surface area contributed by atoms with Gasteiger partial charge in [0.15, 0.2) is 5.69 Å². The zero-order valence-electron chi connectivity index (χ0n) is 11.4. The van der Waals surface area contributed by atoms with Gasteiger partial charge in [-0.1, -0.05) is 30.3 Å². The van der Waals surface area contributed by atoms with Crippen molar-refractivity contribution in [3.05, 3.63) is 53.7 Å². The quantitative estimate of drug-likeness (QED) is 0.500. The van der Waals surface area contributed by atoms with Crippen LogP contribution in [-0.4, -0.2) is 18.1 Å². The highest BCUT2D eigenvalue weighted by Gasteiger charge is 2.31. The Hall–Kier alpha value is -2.63. The van der Waals surface area contributed by atoms with Gasteiger partial charge in [-0.15, -0.1) is 0 Å². The molecule has 3 nitrogen and oxygen atoms in total. The lowest BCUT2D eigenvalue weighted by Gasteiger charge is -2.11. The summed E-state index contributed by atoms with van der Waals surface area (Å²) in [6.45, 7) is 0. The first kappa shape index (κ1) is 14.3. The van der Waals surface area contributed by atoms with Gasteiger partial charge in [0.05, 0.1) is 18.2 Å². The van der Waals surface area contributed by atoms with Crippen molar-refractivity contribution in [3.8, 4) is 0 Å². The van der Waals surface area contributed by atoms with Crippen LogP contribution in [0.2, 0.25) is 0 Å². The molecule has 3 rings (SSSR count). The summed E-state index contributed by atoms with van der Waals surface area (Å²) < 4.78 is 43.2. The summed E-state index contributed by atoms with van der Waals surface area (Å²) >= 11 is 0. The summed E-state index contributed by atoms with van der Waals surface area (Å²) in [5, 5.41) is 1.75. The SMILES string of the molecule is COC(=O)c1nc2cc(C(F)(F)F)ccc2c2ccccc12. The highest BCUT2D eigenvalue weighted by molar-refractivity contribution is 6.13. The molecule has 112 valence electrons. The molecule has 6 heteroatoms. The van der Waals surface area contributed by atoms with Gasteiger partial charge >= 0.3 is 12.1 Å².